The highest BCUT2D eigenvalue weighted by molar-refractivity contribution is 5.34. The summed E-state index contributed by atoms with van der Waals surface area (Å²) in [5, 5.41) is 17.3. The van der Waals surface area contributed by atoms with Crippen LogP contribution in [0.1, 0.15) is 37.8 Å². The Hall–Kier alpha value is -1.79. The molecule has 2 N–H and O–H groups in total. The summed E-state index contributed by atoms with van der Waals surface area (Å²) in [5.74, 6) is -1.01. The fourth-order valence-corrected chi connectivity index (χ4v) is 3.40. The second-order valence-electron chi connectivity index (χ2n) is 6.39. The van der Waals surface area contributed by atoms with Crippen LogP contribution < -0.4 is 5.32 Å². The highest BCUT2D eigenvalue weighted by Crippen LogP contribution is 2.23. The monoisotopic (exact) mass is 335 g/mol. The minimum Gasteiger partial charge on any atom is -0.396 e. The molecule has 2 aromatic rings. The minimum atomic E-state index is -0.637. The van der Waals surface area contributed by atoms with Gasteiger partial charge in [0, 0.05) is 25.4 Å². The van der Waals surface area contributed by atoms with Crippen LogP contribution in [0.2, 0.25) is 0 Å². The lowest BCUT2D eigenvalue weighted by atomic mass is 9.95. The molecule has 2 atom stereocenters. The van der Waals surface area contributed by atoms with Crippen molar-refractivity contribution in [2.45, 2.75) is 44.7 Å². The maximum atomic E-state index is 13.8. The first-order valence-electron chi connectivity index (χ1n) is 8.52. The minimum absolute atomic E-state index is 0.161. The lowest BCUT2D eigenvalue weighted by molar-refractivity contribution is 0.180. The van der Waals surface area contributed by atoms with E-state index >= 15 is 0 Å². The van der Waals surface area contributed by atoms with Gasteiger partial charge in [-0.25, -0.2) is 13.5 Å². The second-order valence-corrected chi connectivity index (χ2v) is 6.39. The van der Waals surface area contributed by atoms with Crippen molar-refractivity contribution in [3.63, 3.8) is 0 Å². The fraction of sp³-hybridized carbons (Fsp3) is 0.500. The zero-order valence-electron chi connectivity index (χ0n) is 13.6. The van der Waals surface area contributed by atoms with Crippen molar-refractivity contribution in [2.24, 2.45) is 5.92 Å². The van der Waals surface area contributed by atoms with Crippen LogP contribution in [0.3, 0.4) is 0 Å². The van der Waals surface area contributed by atoms with Crippen LogP contribution in [0, 0.1) is 17.6 Å². The standard InChI is InChI=1S/C18H23F2N3O/c19-15-6-4-7-16(20)18(15)23-10-9-14(22-23)11-21-17-8-3-1-2-5-13(17)12-24/h4,6-7,9-10,13,17,21,24H,1-3,5,8,11-12H2/t13-,17-/m1/s1. The first kappa shape index (κ1) is 17.0. The third-order valence-corrected chi connectivity index (χ3v) is 4.75. The Kier molecular flexibility index (Phi) is 5.58. The smallest absolute Gasteiger partial charge is 0.151 e. The van der Waals surface area contributed by atoms with Crippen molar-refractivity contribution in [3.8, 4) is 5.69 Å². The number of para-hydroxylation sites is 1. The molecule has 1 fully saturated rings. The van der Waals surface area contributed by atoms with Crippen molar-refractivity contribution < 1.29 is 13.9 Å². The lowest BCUT2D eigenvalue weighted by Gasteiger charge is -2.24. The van der Waals surface area contributed by atoms with Gasteiger partial charge in [0.25, 0.3) is 0 Å². The molecule has 0 bridgehead atoms. The Bertz CT molecular complexity index is 654. The summed E-state index contributed by atoms with van der Waals surface area (Å²) in [7, 11) is 0. The van der Waals surface area contributed by atoms with E-state index in [0.29, 0.717) is 6.54 Å². The molecule has 0 spiro atoms. The summed E-state index contributed by atoms with van der Waals surface area (Å²) >= 11 is 0. The molecule has 1 aromatic heterocycles. The molecule has 0 saturated heterocycles. The number of nitrogens with zero attached hydrogens (tertiary/aromatic N) is 2. The molecular weight excluding hydrogens is 312 g/mol. The molecule has 6 heteroatoms. The van der Waals surface area contributed by atoms with E-state index in [0.717, 1.165) is 31.4 Å². The molecule has 1 aliphatic rings. The Morgan fingerprint density at radius 3 is 2.62 bits per heavy atom. The van der Waals surface area contributed by atoms with E-state index in [1.807, 2.05) is 0 Å². The molecule has 3 rings (SSSR count). The third kappa shape index (κ3) is 3.82. The van der Waals surface area contributed by atoms with E-state index in [1.54, 1.807) is 12.3 Å². The topological polar surface area (TPSA) is 50.1 Å². The number of nitrogens with one attached hydrogen (secondary N) is 1. The number of hydrogen-bond donors (Lipinski definition) is 2. The highest BCUT2D eigenvalue weighted by atomic mass is 19.1. The molecule has 0 aliphatic heterocycles. The molecule has 1 aromatic carbocycles. The molecular formula is C18H23F2N3O. The molecule has 24 heavy (non-hydrogen) atoms. The summed E-state index contributed by atoms with van der Waals surface area (Å²) in [5.41, 5.74) is 0.560. The molecule has 0 radical (unpaired) electrons. The largest absolute Gasteiger partial charge is 0.396 e. The van der Waals surface area contributed by atoms with Gasteiger partial charge in [-0.05, 0) is 37.0 Å². The van der Waals surface area contributed by atoms with Crippen LogP contribution in [0.4, 0.5) is 8.78 Å². The van der Waals surface area contributed by atoms with Gasteiger partial charge < -0.3 is 10.4 Å². The SMILES string of the molecule is OC[C@H]1CCCCC[C@H]1NCc1ccn(-c2c(F)cccc2F)n1. The fourth-order valence-electron chi connectivity index (χ4n) is 3.40. The average Bonchev–Trinajstić information content (AvgIpc) is 2.90. The Morgan fingerprint density at radius 1 is 1.12 bits per heavy atom. The van der Waals surface area contributed by atoms with E-state index < -0.39 is 11.6 Å². The van der Waals surface area contributed by atoms with Gasteiger partial charge in [-0.3, -0.25) is 0 Å². The van der Waals surface area contributed by atoms with Gasteiger partial charge in [-0.15, -0.1) is 0 Å². The quantitative estimate of drug-likeness (QED) is 0.825. The predicted octanol–water partition coefficient (Wildman–Crippen LogP) is 3.18. The van der Waals surface area contributed by atoms with Gasteiger partial charge in [0.05, 0.1) is 5.69 Å². The van der Waals surface area contributed by atoms with Gasteiger partial charge in [0.2, 0.25) is 0 Å². The number of aliphatic hydroxyl groups excluding tert-OH is 1. The van der Waals surface area contributed by atoms with Gasteiger partial charge in [-0.2, -0.15) is 5.10 Å². The van der Waals surface area contributed by atoms with Crippen molar-refractivity contribution in [2.75, 3.05) is 6.61 Å². The molecule has 1 saturated carbocycles. The van der Waals surface area contributed by atoms with Crippen molar-refractivity contribution in [1.82, 2.24) is 15.1 Å². The van der Waals surface area contributed by atoms with Gasteiger partial charge in [0.1, 0.15) is 5.69 Å². The number of halogens is 2. The number of benzene rings is 1. The first-order chi connectivity index (χ1) is 11.7. The Morgan fingerprint density at radius 2 is 1.88 bits per heavy atom. The molecule has 1 aliphatic carbocycles. The number of hydrogen-bond acceptors (Lipinski definition) is 3. The van der Waals surface area contributed by atoms with Crippen LogP contribution in [0.15, 0.2) is 30.5 Å². The average molecular weight is 335 g/mol. The third-order valence-electron chi connectivity index (χ3n) is 4.75. The number of aliphatic hydroxyl groups is 1. The van der Waals surface area contributed by atoms with Crippen LogP contribution >= 0.6 is 0 Å². The van der Waals surface area contributed by atoms with Crippen LogP contribution in [-0.2, 0) is 6.54 Å². The zero-order chi connectivity index (χ0) is 16.9. The molecule has 4 nitrogen and oxygen atoms in total. The van der Waals surface area contributed by atoms with Crippen LogP contribution in [0.25, 0.3) is 5.69 Å². The van der Waals surface area contributed by atoms with Gasteiger partial charge in [0.15, 0.2) is 11.6 Å². The van der Waals surface area contributed by atoms with Crippen molar-refractivity contribution in [3.05, 3.63) is 47.8 Å². The Labute approximate surface area is 140 Å². The summed E-state index contributed by atoms with van der Waals surface area (Å²) in [6, 6.07) is 5.78. The van der Waals surface area contributed by atoms with E-state index in [-0.39, 0.29) is 24.3 Å². The second kappa shape index (κ2) is 7.85. The normalized spacial score (nSPS) is 21.6. The maximum Gasteiger partial charge on any atom is 0.151 e. The maximum absolute atomic E-state index is 13.8. The summed E-state index contributed by atoms with van der Waals surface area (Å²) in [6.07, 6.45) is 7.15. The Balaban J connectivity index is 1.68. The molecule has 130 valence electrons. The van der Waals surface area contributed by atoms with Gasteiger partial charge in [-0.1, -0.05) is 25.3 Å². The summed E-state index contributed by atoms with van der Waals surface area (Å²) in [6.45, 7) is 0.705. The predicted molar refractivity (Wildman–Crippen MR) is 87.8 cm³/mol. The first-order valence-corrected chi connectivity index (χ1v) is 8.52. The van der Waals surface area contributed by atoms with Gasteiger partial charge >= 0.3 is 0 Å². The number of aromatic nitrogens is 2. The van der Waals surface area contributed by atoms with Crippen molar-refractivity contribution in [1.29, 1.82) is 0 Å². The summed E-state index contributed by atoms with van der Waals surface area (Å²) < 4.78 is 28.9. The highest BCUT2D eigenvalue weighted by Gasteiger charge is 2.22. The molecule has 0 unspecified atom stereocenters. The summed E-state index contributed by atoms with van der Waals surface area (Å²) in [4.78, 5) is 0. The lowest BCUT2D eigenvalue weighted by Crippen LogP contribution is -2.37. The van der Waals surface area contributed by atoms with E-state index in [2.05, 4.69) is 10.4 Å². The van der Waals surface area contributed by atoms with Crippen LogP contribution in [0.5, 0.6) is 0 Å². The zero-order valence-corrected chi connectivity index (χ0v) is 13.6. The van der Waals surface area contributed by atoms with E-state index in [9.17, 15) is 13.9 Å². The van der Waals surface area contributed by atoms with Crippen LogP contribution in [-0.4, -0.2) is 27.5 Å². The van der Waals surface area contributed by atoms with E-state index in [4.69, 9.17) is 0 Å². The van der Waals surface area contributed by atoms with E-state index in [1.165, 1.54) is 29.3 Å². The molecule has 0 amide bonds. The van der Waals surface area contributed by atoms with Crippen molar-refractivity contribution >= 4 is 0 Å². The molecule has 1 heterocycles. The number of rotatable bonds is 5.